The third-order valence-electron chi connectivity index (χ3n) is 3.93. The molecule has 0 radical (unpaired) electrons. The Bertz CT molecular complexity index is 507. The lowest BCUT2D eigenvalue weighted by atomic mass is 9.74. The smallest absolute Gasteiger partial charge is 0.319 e. The Kier molecular flexibility index (Phi) is 4.83. The van der Waals surface area contributed by atoms with Crippen LogP contribution in [0.2, 0.25) is 0 Å². The zero-order valence-electron chi connectivity index (χ0n) is 12.3. The van der Waals surface area contributed by atoms with Crippen LogP contribution in [0.15, 0.2) is 24.3 Å². The Hall–Kier alpha value is -2.04. The number of hydrogen-bond donors (Lipinski definition) is 3. The number of carbonyl (C=O) groups is 2. The monoisotopic (exact) mass is 290 g/mol. The number of rotatable bonds is 6. The van der Waals surface area contributed by atoms with Crippen LogP contribution in [0.25, 0.3) is 0 Å². The summed E-state index contributed by atoms with van der Waals surface area (Å²) in [5.41, 5.74) is 1.39. The lowest BCUT2D eigenvalue weighted by Crippen LogP contribution is -2.55. The van der Waals surface area contributed by atoms with E-state index in [1.807, 2.05) is 24.3 Å². The van der Waals surface area contributed by atoms with Crippen molar-refractivity contribution >= 4 is 17.7 Å². The average molecular weight is 290 g/mol. The number of nitrogens with one attached hydrogen (secondary N) is 2. The van der Waals surface area contributed by atoms with Gasteiger partial charge in [-0.25, -0.2) is 4.79 Å². The van der Waals surface area contributed by atoms with Crippen molar-refractivity contribution in [3.8, 4) is 0 Å². The molecule has 2 rings (SSSR count). The van der Waals surface area contributed by atoms with Gasteiger partial charge in [0, 0.05) is 5.69 Å². The molecule has 1 saturated carbocycles. The van der Waals surface area contributed by atoms with Crippen LogP contribution in [0, 0.1) is 0 Å². The first-order chi connectivity index (χ1) is 10.0. The summed E-state index contributed by atoms with van der Waals surface area (Å²) in [5, 5.41) is 14.5. The molecule has 0 saturated heterocycles. The largest absolute Gasteiger partial charge is 0.481 e. The second kappa shape index (κ2) is 6.61. The fraction of sp³-hybridized carbons (Fsp3) is 0.500. The highest BCUT2D eigenvalue weighted by Crippen LogP contribution is 2.34. The summed E-state index contributed by atoms with van der Waals surface area (Å²) in [6.07, 6.45) is 4.50. The Balaban J connectivity index is 1.90. The van der Waals surface area contributed by atoms with Crippen LogP contribution in [-0.2, 0) is 11.2 Å². The van der Waals surface area contributed by atoms with E-state index in [1.54, 1.807) is 0 Å². The molecular formula is C16H22N2O3. The maximum Gasteiger partial charge on any atom is 0.319 e. The SMILES string of the molecule is CCCc1ccc(NC(=O)NC2(CC(=O)O)CCC2)cc1. The molecule has 0 bridgehead atoms. The number of urea groups is 1. The highest BCUT2D eigenvalue weighted by Gasteiger charge is 2.40. The number of carboxylic acid groups (broad SMARTS) is 1. The van der Waals surface area contributed by atoms with E-state index in [2.05, 4.69) is 17.6 Å². The highest BCUT2D eigenvalue weighted by atomic mass is 16.4. The van der Waals surface area contributed by atoms with Crippen molar-refractivity contribution in [3.63, 3.8) is 0 Å². The number of aliphatic carboxylic acids is 1. The van der Waals surface area contributed by atoms with Crippen LogP contribution in [0.4, 0.5) is 10.5 Å². The molecule has 1 aromatic rings. The minimum Gasteiger partial charge on any atom is -0.481 e. The molecule has 2 amide bonds. The molecule has 1 aromatic carbocycles. The molecule has 5 nitrogen and oxygen atoms in total. The van der Waals surface area contributed by atoms with E-state index < -0.39 is 11.5 Å². The molecule has 0 atom stereocenters. The second-order valence-electron chi connectivity index (χ2n) is 5.73. The predicted molar refractivity (Wildman–Crippen MR) is 81.4 cm³/mol. The van der Waals surface area contributed by atoms with Gasteiger partial charge in [-0.3, -0.25) is 4.79 Å². The quantitative estimate of drug-likeness (QED) is 0.753. The summed E-state index contributed by atoms with van der Waals surface area (Å²) < 4.78 is 0. The Labute approximate surface area is 124 Å². The molecule has 0 spiro atoms. The first kappa shape index (κ1) is 15.4. The summed E-state index contributed by atoms with van der Waals surface area (Å²) in [5.74, 6) is -0.876. The highest BCUT2D eigenvalue weighted by molar-refractivity contribution is 5.90. The summed E-state index contributed by atoms with van der Waals surface area (Å²) in [4.78, 5) is 22.9. The molecule has 3 N–H and O–H groups in total. The fourth-order valence-corrected chi connectivity index (χ4v) is 2.69. The van der Waals surface area contributed by atoms with E-state index in [4.69, 9.17) is 5.11 Å². The van der Waals surface area contributed by atoms with Crippen LogP contribution in [0.1, 0.15) is 44.6 Å². The van der Waals surface area contributed by atoms with Gasteiger partial charge in [0.25, 0.3) is 0 Å². The van der Waals surface area contributed by atoms with E-state index in [9.17, 15) is 9.59 Å². The van der Waals surface area contributed by atoms with Gasteiger partial charge < -0.3 is 15.7 Å². The van der Waals surface area contributed by atoms with Crippen LogP contribution in [-0.4, -0.2) is 22.6 Å². The number of amides is 2. The zero-order chi connectivity index (χ0) is 15.3. The number of anilines is 1. The van der Waals surface area contributed by atoms with E-state index >= 15 is 0 Å². The van der Waals surface area contributed by atoms with Crippen LogP contribution >= 0.6 is 0 Å². The number of carbonyl (C=O) groups excluding carboxylic acids is 1. The molecule has 0 heterocycles. The summed E-state index contributed by atoms with van der Waals surface area (Å²) in [7, 11) is 0. The average Bonchev–Trinajstić information content (AvgIpc) is 2.38. The van der Waals surface area contributed by atoms with Crippen LogP contribution < -0.4 is 10.6 Å². The predicted octanol–water partition coefficient (Wildman–Crippen LogP) is 3.16. The standard InChI is InChI=1S/C16H22N2O3/c1-2-4-12-5-7-13(8-6-12)17-15(21)18-16(9-3-10-16)11-14(19)20/h5-8H,2-4,9-11H2,1H3,(H,19,20)(H2,17,18,21). The molecule has 1 aliphatic rings. The second-order valence-corrected chi connectivity index (χ2v) is 5.73. The molecule has 5 heteroatoms. The van der Waals surface area contributed by atoms with Gasteiger partial charge in [0.05, 0.1) is 12.0 Å². The third-order valence-corrected chi connectivity index (χ3v) is 3.93. The first-order valence-corrected chi connectivity index (χ1v) is 7.43. The van der Waals surface area contributed by atoms with E-state index in [1.165, 1.54) is 5.56 Å². The number of benzene rings is 1. The molecule has 1 fully saturated rings. The molecule has 0 unspecified atom stereocenters. The molecule has 0 aromatic heterocycles. The third kappa shape index (κ3) is 4.21. The fourth-order valence-electron chi connectivity index (χ4n) is 2.69. The minimum absolute atomic E-state index is 0.0180. The van der Waals surface area contributed by atoms with Gasteiger partial charge >= 0.3 is 12.0 Å². The van der Waals surface area contributed by atoms with Crippen molar-refractivity contribution in [1.82, 2.24) is 5.32 Å². The Morgan fingerprint density at radius 2 is 1.90 bits per heavy atom. The molecular weight excluding hydrogens is 268 g/mol. The number of carboxylic acids is 1. The number of aryl methyl sites for hydroxylation is 1. The van der Waals surface area contributed by atoms with Crippen molar-refractivity contribution < 1.29 is 14.7 Å². The lowest BCUT2D eigenvalue weighted by molar-refractivity contribution is -0.139. The van der Waals surface area contributed by atoms with Gasteiger partial charge in [-0.2, -0.15) is 0 Å². The van der Waals surface area contributed by atoms with Gasteiger partial charge in [-0.1, -0.05) is 25.5 Å². The van der Waals surface area contributed by atoms with Crippen molar-refractivity contribution in [2.24, 2.45) is 0 Å². The minimum atomic E-state index is -0.876. The molecule has 0 aliphatic heterocycles. The van der Waals surface area contributed by atoms with E-state index in [0.717, 1.165) is 37.8 Å². The summed E-state index contributed by atoms with van der Waals surface area (Å²) in [6, 6.07) is 7.40. The van der Waals surface area contributed by atoms with E-state index in [0.29, 0.717) is 0 Å². The van der Waals surface area contributed by atoms with Gasteiger partial charge in [-0.15, -0.1) is 0 Å². The Morgan fingerprint density at radius 1 is 1.24 bits per heavy atom. The summed E-state index contributed by atoms with van der Waals surface area (Å²) in [6.45, 7) is 2.13. The number of hydrogen-bond acceptors (Lipinski definition) is 2. The van der Waals surface area contributed by atoms with Crippen molar-refractivity contribution in [1.29, 1.82) is 0 Å². The van der Waals surface area contributed by atoms with Crippen molar-refractivity contribution in [2.45, 2.75) is 51.0 Å². The van der Waals surface area contributed by atoms with Gasteiger partial charge in [-0.05, 0) is 43.4 Å². The van der Waals surface area contributed by atoms with Crippen molar-refractivity contribution in [2.75, 3.05) is 5.32 Å². The lowest BCUT2D eigenvalue weighted by Gasteiger charge is -2.41. The normalized spacial score (nSPS) is 15.9. The summed E-state index contributed by atoms with van der Waals surface area (Å²) >= 11 is 0. The van der Waals surface area contributed by atoms with Crippen molar-refractivity contribution in [3.05, 3.63) is 29.8 Å². The maximum atomic E-state index is 12.0. The van der Waals surface area contributed by atoms with Crippen LogP contribution in [0.5, 0.6) is 0 Å². The van der Waals surface area contributed by atoms with Gasteiger partial charge in [0.1, 0.15) is 0 Å². The molecule has 114 valence electrons. The first-order valence-electron chi connectivity index (χ1n) is 7.43. The topological polar surface area (TPSA) is 78.4 Å². The van der Waals surface area contributed by atoms with Crippen LogP contribution in [0.3, 0.4) is 0 Å². The Morgan fingerprint density at radius 3 is 2.38 bits per heavy atom. The van der Waals surface area contributed by atoms with E-state index in [-0.39, 0.29) is 12.5 Å². The van der Waals surface area contributed by atoms with Gasteiger partial charge in [0.15, 0.2) is 0 Å². The molecule has 1 aliphatic carbocycles. The van der Waals surface area contributed by atoms with Gasteiger partial charge in [0.2, 0.25) is 0 Å². The maximum absolute atomic E-state index is 12.0. The zero-order valence-corrected chi connectivity index (χ0v) is 12.3. The molecule has 21 heavy (non-hydrogen) atoms.